The van der Waals surface area contributed by atoms with Gasteiger partial charge in [0.15, 0.2) is 0 Å². The van der Waals surface area contributed by atoms with Gasteiger partial charge in [-0.3, -0.25) is 4.79 Å². The first-order valence-electron chi connectivity index (χ1n) is 9.53. The molecule has 0 unspecified atom stereocenters. The number of rotatable bonds is 4. The molecule has 29 heavy (non-hydrogen) atoms. The number of aliphatic hydroxyl groups is 1. The minimum Gasteiger partial charge on any atom is -0.458 e. The highest BCUT2D eigenvalue weighted by Gasteiger charge is 2.44. The first-order chi connectivity index (χ1) is 13.6. The molecule has 4 atom stereocenters. The normalized spacial score (nSPS) is 31.6. The fourth-order valence-electron chi connectivity index (χ4n) is 3.48. The van der Waals surface area contributed by atoms with Crippen molar-refractivity contribution < 1.29 is 33.7 Å². The van der Waals surface area contributed by atoms with Gasteiger partial charge in [0, 0.05) is 30.9 Å². The molecule has 0 spiro atoms. The second-order valence-electron chi connectivity index (χ2n) is 7.43. The molecule has 1 aliphatic carbocycles. The molecule has 7 nitrogen and oxygen atoms in total. The molecule has 158 valence electrons. The molecule has 1 aliphatic heterocycles. The summed E-state index contributed by atoms with van der Waals surface area (Å²) in [4.78, 5) is 36.1. The lowest BCUT2D eigenvalue weighted by Crippen LogP contribution is -2.34. The van der Waals surface area contributed by atoms with E-state index >= 15 is 0 Å². The minimum absolute atomic E-state index is 0.234. The van der Waals surface area contributed by atoms with E-state index in [9.17, 15) is 14.4 Å². The van der Waals surface area contributed by atoms with Crippen molar-refractivity contribution in [1.29, 1.82) is 0 Å². The molecule has 0 amide bonds. The van der Waals surface area contributed by atoms with Gasteiger partial charge < -0.3 is 19.3 Å². The molecule has 2 rings (SSSR count). The maximum absolute atomic E-state index is 12.4. The Morgan fingerprint density at radius 3 is 2.62 bits per heavy atom. The highest BCUT2D eigenvalue weighted by Crippen LogP contribution is 2.36. The Morgan fingerprint density at radius 1 is 1.31 bits per heavy atom. The summed E-state index contributed by atoms with van der Waals surface area (Å²) in [6.45, 7) is 10.2. The van der Waals surface area contributed by atoms with Crippen LogP contribution in [-0.4, -0.2) is 47.9 Å². The van der Waals surface area contributed by atoms with Crippen molar-refractivity contribution in [2.75, 3.05) is 6.61 Å². The van der Waals surface area contributed by atoms with E-state index < -0.39 is 42.1 Å². The van der Waals surface area contributed by atoms with Crippen LogP contribution in [0.5, 0.6) is 0 Å². The van der Waals surface area contributed by atoms with Crippen molar-refractivity contribution >= 4 is 17.9 Å². The van der Waals surface area contributed by atoms with E-state index in [1.54, 1.807) is 19.9 Å². The maximum Gasteiger partial charge on any atom is 0.334 e. The topological polar surface area (TPSA) is 99.1 Å². The van der Waals surface area contributed by atoms with Crippen LogP contribution >= 0.6 is 0 Å². The molecule has 7 heteroatoms. The zero-order valence-electron chi connectivity index (χ0n) is 17.3. The molecule has 2 aliphatic rings. The van der Waals surface area contributed by atoms with E-state index in [1.807, 2.05) is 13.0 Å². The molecular formula is C22H28O7. The standard InChI is InChI=1S/C22H28O7/c1-12-6-7-17(27-16(5)24)14(3)11-19-20(15(4)22(26)29-19)18(10-12)28-21(25)13(2)8-9-23/h6,8,11,17-20,23H,4,7,9-10H2,1-3,5H3/b12-6+,13-8-,14-11-/t17-,18+,19+,20+/m0/s1. The van der Waals surface area contributed by atoms with Crippen LogP contribution in [0.3, 0.4) is 0 Å². The van der Waals surface area contributed by atoms with E-state index in [2.05, 4.69) is 6.58 Å². The second-order valence-corrected chi connectivity index (χ2v) is 7.43. The quantitative estimate of drug-likeness (QED) is 0.333. The van der Waals surface area contributed by atoms with Crippen molar-refractivity contribution in [2.45, 2.75) is 58.8 Å². The molecule has 1 N–H and O–H groups in total. The van der Waals surface area contributed by atoms with E-state index in [4.69, 9.17) is 19.3 Å². The average Bonchev–Trinajstić information content (AvgIpc) is 2.90. The van der Waals surface area contributed by atoms with Gasteiger partial charge in [-0.05, 0) is 38.5 Å². The summed E-state index contributed by atoms with van der Waals surface area (Å²) in [5, 5.41) is 9.01. The third-order valence-corrected chi connectivity index (χ3v) is 5.09. The highest BCUT2D eigenvalue weighted by atomic mass is 16.6. The van der Waals surface area contributed by atoms with Gasteiger partial charge in [-0.15, -0.1) is 0 Å². The molecular weight excluding hydrogens is 376 g/mol. The molecule has 1 saturated heterocycles. The molecule has 0 aromatic carbocycles. The summed E-state index contributed by atoms with van der Waals surface area (Å²) in [6.07, 6.45) is 4.05. The number of esters is 3. The number of hydrogen-bond donors (Lipinski definition) is 1. The fraction of sp³-hybridized carbons (Fsp3) is 0.500. The molecule has 0 aromatic rings. The third-order valence-electron chi connectivity index (χ3n) is 5.09. The van der Waals surface area contributed by atoms with Crippen molar-refractivity contribution in [1.82, 2.24) is 0 Å². The molecule has 1 fully saturated rings. The van der Waals surface area contributed by atoms with Crippen molar-refractivity contribution in [2.24, 2.45) is 5.92 Å². The Hall–Kier alpha value is -2.67. The van der Waals surface area contributed by atoms with Crippen LogP contribution in [0.15, 0.2) is 47.1 Å². The van der Waals surface area contributed by atoms with Gasteiger partial charge in [0.05, 0.1) is 12.5 Å². The van der Waals surface area contributed by atoms with Crippen molar-refractivity contribution in [3.05, 3.63) is 47.1 Å². The van der Waals surface area contributed by atoms with Gasteiger partial charge in [-0.2, -0.15) is 0 Å². The predicted molar refractivity (Wildman–Crippen MR) is 106 cm³/mol. The van der Waals surface area contributed by atoms with E-state index in [-0.39, 0.29) is 17.8 Å². The summed E-state index contributed by atoms with van der Waals surface area (Å²) >= 11 is 0. The molecule has 0 saturated carbocycles. The fourth-order valence-corrected chi connectivity index (χ4v) is 3.48. The Bertz CT molecular complexity index is 787. The Balaban J connectivity index is 2.42. The molecule has 0 radical (unpaired) electrons. The lowest BCUT2D eigenvalue weighted by atomic mass is 9.85. The summed E-state index contributed by atoms with van der Waals surface area (Å²) in [7, 11) is 0. The van der Waals surface area contributed by atoms with Gasteiger partial charge in [-0.25, -0.2) is 9.59 Å². The van der Waals surface area contributed by atoms with Crippen LogP contribution in [0.2, 0.25) is 0 Å². The van der Waals surface area contributed by atoms with Crippen LogP contribution in [0.25, 0.3) is 0 Å². The number of ether oxygens (including phenoxy) is 3. The summed E-state index contributed by atoms with van der Waals surface area (Å²) in [5.41, 5.74) is 2.17. The third kappa shape index (κ3) is 5.67. The van der Waals surface area contributed by atoms with E-state index in [1.165, 1.54) is 13.0 Å². The predicted octanol–water partition coefficient (Wildman–Crippen LogP) is 2.55. The Labute approximate surface area is 170 Å². The zero-order chi connectivity index (χ0) is 21.7. The van der Waals surface area contributed by atoms with Crippen LogP contribution in [0.1, 0.15) is 40.5 Å². The van der Waals surface area contributed by atoms with Crippen LogP contribution < -0.4 is 0 Å². The van der Waals surface area contributed by atoms with E-state index in [0.717, 1.165) is 11.1 Å². The van der Waals surface area contributed by atoms with Crippen molar-refractivity contribution in [3.63, 3.8) is 0 Å². The number of carbonyl (C=O) groups is 3. The number of aliphatic hydroxyl groups excluding tert-OH is 1. The SMILES string of the molecule is C=C1C(=O)O[C@@H]2/C=C(/C)[C@@H](OC(C)=O)C/C=C(\C)C[C@@H](OC(=O)/C(C)=C\CO)[C@@H]12. The smallest absolute Gasteiger partial charge is 0.334 e. The molecule has 1 heterocycles. The van der Waals surface area contributed by atoms with Crippen LogP contribution in [0.4, 0.5) is 0 Å². The zero-order valence-corrected chi connectivity index (χ0v) is 17.3. The van der Waals surface area contributed by atoms with Gasteiger partial charge >= 0.3 is 17.9 Å². The second kappa shape index (κ2) is 9.69. The lowest BCUT2D eigenvalue weighted by Gasteiger charge is -2.28. The number of hydrogen-bond acceptors (Lipinski definition) is 7. The molecule has 0 bridgehead atoms. The average molecular weight is 404 g/mol. The van der Waals surface area contributed by atoms with Gasteiger partial charge in [0.25, 0.3) is 0 Å². The van der Waals surface area contributed by atoms with Crippen LogP contribution in [0, 0.1) is 5.92 Å². The highest BCUT2D eigenvalue weighted by molar-refractivity contribution is 5.92. The first kappa shape index (κ1) is 22.6. The van der Waals surface area contributed by atoms with Crippen molar-refractivity contribution in [3.8, 4) is 0 Å². The van der Waals surface area contributed by atoms with E-state index in [0.29, 0.717) is 12.8 Å². The Kier molecular flexibility index (Phi) is 7.56. The minimum atomic E-state index is -0.682. The summed E-state index contributed by atoms with van der Waals surface area (Å²) in [6, 6.07) is 0. The van der Waals surface area contributed by atoms with Gasteiger partial charge in [-0.1, -0.05) is 18.2 Å². The first-order valence-corrected chi connectivity index (χ1v) is 9.53. The summed E-state index contributed by atoms with van der Waals surface area (Å²) < 4.78 is 16.6. The van der Waals surface area contributed by atoms with Gasteiger partial charge in [0.1, 0.15) is 18.3 Å². The summed E-state index contributed by atoms with van der Waals surface area (Å²) in [5.74, 6) is -2.08. The molecule has 0 aromatic heterocycles. The lowest BCUT2D eigenvalue weighted by molar-refractivity contribution is -0.148. The maximum atomic E-state index is 12.4. The number of carbonyl (C=O) groups excluding carboxylic acids is 3. The Morgan fingerprint density at radius 2 is 2.00 bits per heavy atom. The van der Waals surface area contributed by atoms with Crippen LogP contribution in [-0.2, 0) is 28.6 Å². The monoisotopic (exact) mass is 404 g/mol. The number of fused-ring (bicyclic) bond motifs is 1. The largest absolute Gasteiger partial charge is 0.458 e. The van der Waals surface area contributed by atoms with Gasteiger partial charge in [0.2, 0.25) is 0 Å².